The summed E-state index contributed by atoms with van der Waals surface area (Å²) in [7, 11) is 0. The van der Waals surface area contributed by atoms with Crippen molar-refractivity contribution in [3.05, 3.63) is 24.0 Å². The third-order valence-corrected chi connectivity index (χ3v) is 1.95. The fourth-order valence-electron chi connectivity index (χ4n) is 1.27. The van der Waals surface area contributed by atoms with Crippen LogP contribution in [0.5, 0.6) is 0 Å². The first-order chi connectivity index (χ1) is 8.28. The molecule has 0 aliphatic heterocycles. The van der Waals surface area contributed by atoms with Crippen LogP contribution in [0.15, 0.2) is 18.3 Å². The number of nitrogens with zero attached hydrogens (tertiary/aromatic N) is 1. The van der Waals surface area contributed by atoms with E-state index >= 15 is 0 Å². The number of nitrogens with one attached hydrogen (secondary N) is 2. The van der Waals surface area contributed by atoms with Gasteiger partial charge in [-0.1, -0.05) is 0 Å². The Morgan fingerprint density at radius 1 is 1.33 bits per heavy atom. The molecule has 0 radical (unpaired) electrons. The van der Waals surface area contributed by atoms with Crippen molar-refractivity contribution in [2.45, 2.75) is 26.3 Å². The molecule has 0 aliphatic carbocycles. The Morgan fingerprint density at radius 2 is 2.00 bits per heavy atom. The average Bonchev–Trinajstić information content (AvgIpc) is 2.24. The number of anilines is 1. The lowest BCUT2D eigenvalue weighted by molar-refractivity contribution is -0.120. The molecule has 1 aromatic rings. The summed E-state index contributed by atoms with van der Waals surface area (Å²) in [5.74, 6) is -1.21. The third kappa shape index (κ3) is 4.82. The Hall–Kier alpha value is -2.11. The molecule has 0 fully saturated rings. The lowest BCUT2D eigenvalue weighted by Crippen LogP contribution is -2.43. The van der Waals surface area contributed by atoms with Gasteiger partial charge in [0.25, 0.3) is 0 Å². The molecule has 18 heavy (non-hydrogen) atoms. The molecule has 0 saturated heterocycles. The van der Waals surface area contributed by atoms with Gasteiger partial charge in [0.1, 0.15) is 5.69 Å². The topological polar surface area (TPSA) is 91.3 Å². The van der Waals surface area contributed by atoms with Crippen molar-refractivity contribution >= 4 is 17.6 Å². The highest BCUT2D eigenvalue weighted by Crippen LogP contribution is 2.06. The monoisotopic (exact) mass is 251 g/mol. The van der Waals surface area contributed by atoms with Crippen molar-refractivity contribution in [2.24, 2.45) is 0 Å². The van der Waals surface area contributed by atoms with E-state index in [0.717, 1.165) is 0 Å². The van der Waals surface area contributed by atoms with Gasteiger partial charge in [0, 0.05) is 5.54 Å². The molecule has 0 spiro atoms. The Morgan fingerprint density at radius 3 is 2.44 bits per heavy atom. The van der Waals surface area contributed by atoms with Crippen molar-refractivity contribution < 1.29 is 14.7 Å². The number of carboxylic acids is 1. The normalized spacial score (nSPS) is 10.8. The Kier molecular flexibility index (Phi) is 4.25. The molecule has 0 aromatic carbocycles. The van der Waals surface area contributed by atoms with E-state index in [9.17, 15) is 9.59 Å². The van der Waals surface area contributed by atoms with E-state index in [-0.39, 0.29) is 23.7 Å². The van der Waals surface area contributed by atoms with E-state index in [4.69, 9.17) is 5.11 Å². The standard InChI is InChI=1S/C12H17N3O3/c1-12(2,3)15-10(16)7-13-8-4-5-9(11(17)18)14-6-8/h4-6,13H,7H2,1-3H3,(H,15,16)(H,17,18). The molecular weight excluding hydrogens is 234 g/mol. The summed E-state index contributed by atoms with van der Waals surface area (Å²) in [6, 6.07) is 2.95. The van der Waals surface area contributed by atoms with Crippen LogP contribution in [-0.2, 0) is 4.79 Å². The van der Waals surface area contributed by atoms with Gasteiger partial charge in [0.05, 0.1) is 18.4 Å². The summed E-state index contributed by atoms with van der Waals surface area (Å²) < 4.78 is 0. The Labute approximate surface area is 105 Å². The number of hydrogen-bond donors (Lipinski definition) is 3. The lowest BCUT2D eigenvalue weighted by atomic mass is 10.1. The van der Waals surface area contributed by atoms with Gasteiger partial charge in [0.2, 0.25) is 5.91 Å². The SMILES string of the molecule is CC(C)(C)NC(=O)CNc1ccc(C(=O)O)nc1. The average molecular weight is 251 g/mol. The van der Waals surface area contributed by atoms with E-state index < -0.39 is 5.97 Å². The van der Waals surface area contributed by atoms with Crippen LogP contribution in [0.3, 0.4) is 0 Å². The maximum atomic E-state index is 11.5. The Bertz CT molecular complexity index is 435. The van der Waals surface area contributed by atoms with Crippen LogP contribution in [-0.4, -0.2) is 34.1 Å². The smallest absolute Gasteiger partial charge is 0.354 e. The fourth-order valence-corrected chi connectivity index (χ4v) is 1.27. The van der Waals surface area contributed by atoms with E-state index in [1.165, 1.54) is 12.3 Å². The van der Waals surface area contributed by atoms with Crippen LogP contribution in [0.25, 0.3) is 0 Å². The van der Waals surface area contributed by atoms with Gasteiger partial charge in [-0.3, -0.25) is 4.79 Å². The van der Waals surface area contributed by atoms with Gasteiger partial charge in [-0.05, 0) is 32.9 Å². The molecule has 0 aliphatic rings. The molecule has 1 rings (SSSR count). The van der Waals surface area contributed by atoms with Crippen molar-refractivity contribution in [2.75, 3.05) is 11.9 Å². The van der Waals surface area contributed by atoms with E-state index in [0.29, 0.717) is 5.69 Å². The highest BCUT2D eigenvalue weighted by Gasteiger charge is 2.13. The molecule has 1 amide bonds. The third-order valence-electron chi connectivity index (χ3n) is 1.95. The van der Waals surface area contributed by atoms with Crippen molar-refractivity contribution in [1.82, 2.24) is 10.3 Å². The summed E-state index contributed by atoms with van der Waals surface area (Å²) in [5.41, 5.74) is 0.299. The Balaban J connectivity index is 2.49. The number of aromatic carboxylic acids is 1. The van der Waals surface area contributed by atoms with Crippen LogP contribution in [0.1, 0.15) is 31.3 Å². The van der Waals surface area contributed by atoms with Crippen LogP contribution in [0, 0.1) is 0 Å². The quantitative estimate of drug-likeness (QED) is 0.745. The molecule has 0 atom stereocenters. The number of amides is 1. The zero-order chi connectivity index (χ0) is 13.8. The molecule has 1 aromatic heterocycles. The predicted octanol–water partition coefficient (Wildman–Crippen LogP) is 1.11. The predicted molar refractivity (Wildman–Crippen MR) is 67.6 cm³/mol. The zero-order valence-electron chi connectivity index (χ0n) is 10.7. The minimum Gasteiger partial charge on any atom is -0.477 e. The molecular formula is C12H17N3O3. The zero-order valence-corrected chi connectivity index (χ0v) is 10.7. The summed E-state index contributed by atoms with van der Waals surface area (Å²) in [4.78, 5) is 25.8. The summed E-state index contributed by atoms with van der Waals surface area (Å²) >= 11 is 0. The largest absolute Gasteiger partial charge is 0.477 e. The number of pyridine rings is 1. The van der Waals surface area contributed by atoms with Crippen LogP contribution < -0.4 is 10.6 Å². The molecule has 0 saturated carbocycles. The first-order valence-corrected chi connectivity index (χ1v) is 5.52. The number of aromatic nitrogens is 1. The van der Waals surface area contributed by atoms with E-state index in [1.807, 2.05) is 20.8 Å². The molecule has 0 unspecified atom stereocenters. The summed E-state index contributed by atoms with van der Waals surface area (Å²) in [5, 5.41) is 14.3. The van der Waals surface area contributed by atoms with Crippen molar-refractivity contribution in [3.63, 3.8) is 0 Å². The number of carboxylic acid groups (broad SMARTS) is 1. The molecule has 98 valence electrons. The number of carbonyl (C=O) groups is 2. The lowest BCUT2D eigenvalue weighted by Gasteiger charge is -2.20. The maximum Gasteiger partial charge on any atom is 0.354 e. The molecule has 6 nitrogen and oxygen atoms in total. The number of hydrogen-bond acceptors (Lipinski definition) is 4. The van der Waals surface area contributed by atoms with Crippen molar-refractivity contribution in [3.8, 4) is 0 Å². The van der Waals surface area contributed by atoms with Gasteiger partial charge in [-0.25, -0.2) is 9.78 Å². The van der Waals surface area contributed by atoms with Gasteiger partial charge in [-0.2, -0.15) is 0 Å². The van der Waals surface area contributed by atoms with Crippen molar-refractivity contribution in [1.29, 1.82) is 0 Å². The van der Waals surface area contributed by atoms with Crippen LogP contribution in [0.4, 0.5) is 5.69 Å². The number of carbonyl (C=O) groups excluding carboxylic acids is 1. The summed E-state index contributed by atoms with van der Waals surface area (Å²) in [6.07, 6.45) is 1.38. The second-order valence-electron chi connectivity index (χ2n) is 4.89. The first-order valence-electron chi connectivity index (χ1n) is 5.52. The second-order valence-corrected chi connectivity index (χ2v) is 4.89. The first kappa shape index (κ1) is 14.0. The maximum absolute atomic E-state index is 11.5. The van der Waals surface area contributed by atoms with Gasteiger partial charge in [-0.15, -0.1) is 0 Å². The van der Waals surface area contributed by atoms with E-state index in [2.05, 4.69) is 15.6 Å². The molecule has 0 bridgehead atoms. The fraction of sp³-hybridized carbons (Fsp3) is 0.417. The second kappa shape index (κ2) is 5.48. The van der Waals surface area contributed by atoms with Gasteiger partial charge >= 0.3 is 5.97 Å². The summed E-state index contributed by atoms with van der Waals surface area (Å²) in [6.45, 7) is 5.81. The van der Waals surface area contributed by atoms with Gasteiger partial charge < -0.3 is 15.7 Å². The minimum absolute atomic E-state index is 0.0281. The van der Waals surface area contributed by atoms with Crippen LogP contribution >= 0.6 is 0 Å². The van der Waals surface area contributed by atoms with Gasteiger partial charge in [0.15, 0.2) is 0 Å². The van der Waals surface area contributed by atoms with E-state index in [1.54, 1.807) is 6.07 Å². The number of rotatable bonds is 4. The molecule has 6 heteroatoms. The molecule has 1 heterocycles. The van der Waals surface area contributed by atoms with Crippen LogP contribution in [0.2, 0.25) is 0 Å². The highest BCUT2D eigenvalue weighted by molar-refractivity contribution is 5.85. The minimum atomic E-state index is -1.08. The highest BCUT2D eigenvalue weighted by atomic mass is 16.4. The molecule has 3 N–H and O–H groups in total.